The van der Waals surface area contributed by atoms with E-state index in [0.717, 1.165) is 0 Å². The van der Waals surface area contributed by atoms with Crippen LogP contribution in [0.2, 0.25) is 0 Å². The Bertz CT molecular complexity index is 157. The fourth-order valence-electron chi connectivity index (χ4n) is 0.652. The van der Waals surface area contributed by atoms with Gasteiger partial charge in [-0.2, -0.15) is 0 Å². The summed E-state index contributed by atoms with van der Waals surface area (Å²) in [6.45, 7) is 3.54. The maximum atomic E-state index is 10.8. The van der Waals surface area contributed by atoms with Crippen LogP contribution in [0.5, 0.6) is 0 Å². The molecule has 0 heterocycles. The Kier molecular flexibility index (Phi) is 4.12. The van der Waals surface area contributed by atoms with Gasteiger partial charge in [0.15, 0.2) is 0 Å². The summed E-state index contributed by atoms with van der Waals surface area (Å²) in [4.78, 5) is 10.8. The molecule has 0 aromatic heterocycles. The highest BCUT2D eigenvalue weighted by atomic mass is 35.5. The zero-order chi connectivity index (χ0) is 8.15. The largest absolute Gasteiger partial charge is 0.466 e. The average Bonchev–Trinajstić information content (AvgIpc) is 1.88. The molecule has 0 aliphatic carbocycles. The Morgan fingerprint density at radius 3 is 2.20 bits per heavy atom. The second-order valence-corrected chi connectivity index (χ2v) is 2.42. The highest BCUT2D eigenvalue weighted by Gasteiger charge is 2.08. The highest BCUT2D eigenvalue weighted by molar-refractivity contribution is 6.31. The van der Waals surface area contributed by atoms with Crippen molar-refractivity contribution in [1.29, 1.82) is 0 Å². The molecule has 0 aromatic rings. The van der Waals surface area contributed by atoms with E-state index in [9.17, 15) is 4.79 Å². The first-order chi connectivity index (χ1) is 4.63. The molecule has 10 heavy (non-hydrogen) atoms. The number of carbonyl (C=O) groups is 1. The molecular weight excluding hydrogens is 152 g/mol. The summed E-state index contributed by atoms with van der Waals surface area (Å²) in [5.74, 6) is -0.338. The van der Waals surface area contributed by atoms with Crippen molar-refractivity contribution in [3.05, 3.63) is 10.6 Å². The third-order valence-corrected chi connectivity index (χ3v) is 1.43. The van der Waals surface area contributed by atoms with Gasteiger partial charge in [0.25, 0.3) is 0 Å². The molecule has 0 aromatic carbocycles. The van der Waals surface area contributed by atoms with Crippen molar-refractivity contribution in [3.8, 4) is 0 Å². The Morgan fingerprint density at radius 2 is 2.10 bits per heavy atom. The van der Waals surface area contributed by atoms with Crippen LogP contribution in [0, 0.1) is 0 Å². The Morgan fingerprint density at radius 1 is 1.60 bits per heavy atom. The van der Waals surface area contributed by atoms with Crippen molar-refractivity contribution in [1.82, 2.24) is 0 Å². The number of methoxy groups -OCH3 is 1. The van der Waals surface area contributed by atoms with E-state index in [1.165, 1.54) is 7.11 Å². The number of hydrogen-bond donors (Lipinski definition) is 0. The van der Waals surface area contributed by atoms with Gasteiger partial charge in [-0.05, 0) is 13.3 Å². The first kappa shape index (κ1) is 9.50. The number of halogens is 1. The SMILES string of the molecule is CC/C(C(=O)OC)=C(\C)Cl. The molecule has 0 aliphatic heterocycles. The molecule has 0 saturated carbocycles. The number of ether oxygens (including phenoxy) is 1. The van der Waals surface area contributed by atoms with Crippen LogP contribution in [0.1, 0.15) is 20.3 Å². The number of esters is 1. The van der Waals surface area contributed by atoms with Gasteiger partial charge < -0.3 is 4.74 Å². The van der Waals surface area contributed by atoms with E-state index in [2.05, 4.69) is 4.74 Å². The predicted octanol–water partition coefficient (Wildman–Crippen LogP) is 2.08. The van der Waals surface area contributed by atoms with Crippen LogP contribution in [-0.2, 0) is 9.53 Å². The monoisotopic (exact) mass is 162 g/mol. The summed E-state index contributed by atoms with van der Waals surface area (Å²) in [5.41, 5.74) is 0.546. The zero-order valence-electron chi connectivity index (χ0n) is 6.40. The number of allylic oxidation sites excluding steroid dienone is 1. The van der Waals surface area contributed by atoms with Gasteiger partial charge in [-0.25, -0.2) is 4.79 Å². The van der Waals surface area contributed by atoms with Crippen molar-refractivity contribution in [2.45, 2.75) is 20.3 Å². The Balaban J connectivity index is 4.37. The van der Waals surface area contributed by atoms with Gasteiger partial charge in [0, 0.05) is 5.03 Å². The third kappa shape index (κ3) is 2.40. The molecular formula is C7H11ClO2. The van der Waals surface area contributed by atoms with Gasteiger partial charge in [-0.15, -0.1) is 0 Å². The Labute approximate surface area is 65.8 Å². The van der Waals surface area contributed by atoms with Gasteiger partial charge in [-0.3, -0.25) is 0 Å². The topological polar surface area (TPSA) is 26.3 Å². The minimum absolute atomic E-state index is 0.338. The summed E-state index contributed by atoms with van der Waals surface area (Å²) in [7, 11) is 1.35. The van der Waals surface area contributed by atoms with Crippen molar-refractivity contribution < 1.29 is 9.53 Å². The summed E-state index contributed by atoms with van der Waals surface area (Å²) >= 11 is 5.60. The van der Waals surface area contributed by atoms with Crippen LogP contribution in [0.15, 0.2) is 10.6 Å². The molecule has 0 atom stereocenters. The molecule has 0 amide bonds. The maximum absolute atomic E-state index is 10.8. The van der Waals surface area contributed by atoms with Crippen molar-refractivity contribution in [2.24, 2.45) is 0 Å². The molecule has 0 radical (unpaired) electrons. The molecule has 0 fully saturated rings. The van der Waals surface area contributed by atoms with Crippen LogP contribution in [-0.4, -0.2) is 13.1 Å². The third-order valence-electron chi connectivity index (χ3n) is 1.20. The summed E-state index contributed by atoms with van der Waals surface area (Å²) in [6.07, 6.45) is 0.613. The first-order valence-corrected chi connectivity index (χ1v) is 3.44. The summed E-state index contributed by atoms with van der Waals surface area (Å²) in [6, 6.07) is 0. The number of rotatable bonds is 2. The molecule has 0 rings (SSSR count). The van der Waals surface area contributed by atoms with E-state index in [4.69, 9.17) is 11.6 Å². The normalized spacial score (nSPS) is 12.4. The van der Waals surface area contributed by atoms with E-state index in [1.54, 1.807) is 6.92 Å². The smallest absolute Gasteiger partial charge is 0.334 e. The lowest BCUT2D eigenvalue weighted by Crippen LogP contribution is -2.04. The van der Waals surface area contributed by atoms with Gasteiger partial charge in [0.1, 0.15) is 0 Å². The molecule has 0 aliphatic rings. The maximum Gasteiger partial charge on any atom is 0.334 e. The molecule has 0 N–H and O–H groups in total. The average molecular weight is 163 g/mol. The lowest BCUT2D eigenvalue weighted by atomic mass is 10.2. The molecule has 58 valence electrons. The lowest BCUT2D eigenvalue weighted by Gasteiger charge is -2.01. The van der Waals surface area contributed by atoms with E-state index in [0.29, 0.717) is 17.0 Å². The quantitative estimate of drug-likeness (QED) is 0.459. The highest BCUT2D eigenvalue weighted by Crippen LogP contribution is 2.12. The minimum Gasteiger partial charge on any atom is -0.466 e. The second-order valence-electron chi connectivity index (χ2n) is 1.86. The van der Waals surface area contributed by atoms with Gasteiger partial charge in [0.05, 0.1) is 12.7 Å². The molecule has 0 unspecified atom stereocenters. The minimum atomic E-state index is -0.338. The van der Waals surface area contributed by atoms with Crippen molar-refractivity contribution >= 4 is 17.6 Å². The number of carbonyl (C=O) groups excluding carboxylic acids is 1. The van der Waals surface area contributed by atoms with Gasteiger partial charge in [0.2, 0.25) is 0 Å². The first-order valence-electron chi connectivity index (χ1n) is 3.07. The standard InChI is InChI=1S/C7H11ClO2/c1-4-6(5(2)8)7(9)10-3/h4H2,1-3H3/b6-5-. The van der Waals surface area contributed by atoms with E-state index in [1.807, 2.05) is 6.92 Å². The van der Waals surface area contributed by atoms with Crippen molar-refractivity contribution in [3.63, 3.8) is 0 Å². The van der Waals surface area contributed by atoms with E-state index >= 15 is 0 Å². The van der Waals surface area contributed by atoms with Gasteiger partial charge in [-0.1, -0.05) is 18.5 Å². The van der Waals surface area contributed by atoms with Crippen LogP contribution < -0.4 is 0 Å². The lowest BCUT2D eigenvalue weighted by molar-refractivity contribution is -0.136. The number of hydrogen-bond acceptors (Lipinski definition) is 2. The second kappa shape index (κ2) is 4.34. The fraction of sp³-hybridized carbons (Fsp3) is 0.571. The summed E-state index contributed by atoms with van der Waals surface area (Å²) < 4.78 is 4.48. The predicted molar refractivity (Wildman–Crippen MR) is 40.9 cm³/mol. The molecule has 2 nitrogen and oxygen atoms in total. The van der Waals surface area contributed by atoms with Crippen LogP contribution in [0.3, 0.4) is 0 Å². The molecule has 0 bridgehead atoms. The molecule has 0 saturated heterocycles. The van der Waals surface area contributed by atoms with Crippen molar-refractivity contribution in [2.75, 3.05) is 7.11 Å². The fourth-order valence-corrected chi connectivity index (χ4v) is 0.863. The van der Waals surface area contributed by atoms with E-state index < -0.39 is 0 Å². The summed E-state index contributed by atoms with van der Waals surface area (Å²) in [5, 5.41) is 0.509. The molecule has 3 heteroatoms. The molecule has 0 spiro atoms. The zero-order valence-corrected chi connectivity index (χ0v) is 7.16. The van der Waals surface area contributed by atoms with Crippen LogP contribution in [0.4, 0.5) is 0 Å². The van der Waals surface area contributed by atoms with E-state index in [-0.39, 0.29) is 5.97 Å². The van der Waals surface area contributed by atoms with Crippen LogP contribution >= 0.6 is 11.6 Å². The van der Waals surface area contributed by atoms with Crippen LogP contribution in [0.25, 0.3) is 0 Å². The Hall–Kier alpha value is -0.500. The van der Waals surface area contributed by atoms with Gasteiger partial charge >= 0.3 is 5.97 Å².